The van der Waals surface area contributed by atoms with E-state index in [-0.39, 0.29) is 11.5 Å². The number of benzene rings is 1. The van der Waals surface area contributed by atoms with Gasteiger partial charge in [0, 0.05) is 45.2 Å². The second kappa shape index (κ2) is 9.67. The average molecular weight is 405 g/mol. The van der Waals surface area contributed by atoms with E-state index >= 15 is 0 Å². The fraction of sp³-hybridized carbons (Fsp3) is 0.682. The van der Waals surface area contributed by atoms with Crippen molar-refractivity contribution in [2.45, 2.75) is 39.2 Å². The lowest BCUT2D eigenvalue weighted by Gasteiger charge is -2.34. The molecule has 2 N–H and O–H groups in total. The van der Waals surface area contributed by atoms with Crippen LogP contribution in [0.1, 0.15) is 33.3 Å². The molecule has 7 heteroatoms. The third-order valence-electron chi connectivity index (χ3n) is 5.42. The van der Waals surface area contributed by atoms with Crippen LogP contribution in [0.4, 0.5) is 0 Å². The van der Waals surface area contributed by atoms with E-state index in [0.717, 1.165) is 56.8 Å². The van der Waals surface area contributed by atoms with Gasteiger partial charge in [0.1, 0.15) is 0 Å². The maximum Gasteiger partial charge on any atom is 0.231 e. The lowest BCUT2D eigenvalue weighted by atomic mass is 9.84. The topological polar surface area (TPSA) is 67.4 Å². The summed E-state index contributed by atoms with van der Waals surface area (Å²) in [5.74, 6) is 3.10. The molecular weight excluding hydrogens is 368 g/mol. The van der Waals surface area contributed by atoms with Crippen molar-refractivity contribution in [1.29, 1.82) is 0 Å². The summed E-state index contributed by atoms with van der Waals surface area (Å²) in [5.41, 5.74) is 1.11. The van der Waals surface area contributed by atoms with Gasteiger partial charge in [-0.2, -0.15) is 0 Å². The average Bonchev–Trinajstić information content (AvgIpc) is 3.16. The van der Waals surface area contributed by atoms with Gasteiger partial charge in [-0.05, 0) is 23.6 Å². The van der Waals surface area contributed by atoms with E-state index in [2.05, 4.69) is 60.4 Å². The predicted octanol–water partition coefficient (Wildman–Crippen LogP) is 2.21. The molecule has 1 aromatic carbocycles. The second-order valence-corrected chi connectivity index (χ2v) is 8.90. The van der Waals surface area contributed by atoms with E-state index in [0.29, 0.717) is 12.7 Å². The zero-order chi connectivity index (χ0) is 20.9. The highest BCUT2D eigenvalue weighted by Gasteiger charge is 2.25. The number of aliphatic imine (C=N–C) groups is 1. The number of hydrogen-bond acceptors (Lipinski definition) is 5. The molecular formula is C22H36N4O3. The van der Waals surface area contributed by atoms with Gasteiger partial charge in [0.25, 0.3) is 0 Å². The Morgan fingerprint density at radius 2 is 2.03 bits per heavy atom. The Morgan fingerprint density at radius 3 is 2.79 bits per heavy atom. The highest BCUT2D eigenvalue weighted by atomic mass is 16.7. The molecule has 2 heterocycles. The second-order valence-electron chi connectivity index (χ2n) is 8.90. The van der Waals surface area contributed by atoms with E-state index in [1.165, 1.54) is 5.56 Å². The first-order valence-electron chi connectivity index (χ1n) is 10.6. The van der Waals surface area contributed by atoms with Crippen molar-refractivity contribution in [3.63, 3.8) is 0 Å². The fourth-order valence-electron chi connectivity index (χ4n) is 3.74. The molecule has 1 fully saturated rings. The summed E-state index contributed by atoms with van der Waals surface area (Å²) in [6, 6.07) is 6.15. The summed E-state index contributed by atoms with van der Waals surface area (Å²) in [6.45, 7) is 14.6. The molecule has 0 aliphatic carbocycles. The molecule has 0 saturated carbocycles. The van der Waals surface area contributed by atoms with E-state index in [9.17, 15) is 0 Å². The van der Waals surface area contributed by atoms with Crippen LogP contribution in [0, 0.1) is 5.92 Å². The number of hydrogen-bond donors (Lipinski definition) is 2. The number of nitrogens with zero attached hydrogens (tertiary/aromatic N) is 2. The van der Waals surface area contributed by atoms with Gasteiger partial charge >= 0.3 is 0 Å². The van der Waals surface area contributed by atoms with Crippen LogP contribution < -0.4 is 20.1 Å². The Balaban J connectivity index is 1.48. The zero-order valence-corrected chi connectivity index (χ0v) is 18.5. The highest BCUT2D eigenvalue weighted by Crippen LogP contribution is 2.36. The zero-order valence-electron chi connectivity index (χ0n) is 18.5. The van der Waals surface area contributed by atoms with Crippen LogP contribution in [0.2, 0.25) is 0 Å². The van der Waals surface area contributed by atoms with Gasteiger partial charge in [0.05, 0.1) is 12.7 Å². The van der Waals surface area contributed by atoms with Crippen LogP contribution in [-0.4, -0.2) is 70.1 Å². The first-order chi connectivity index (χ1) is 13.9. The molecule has 0 spiro atoms. The number of ether oxygens (including phenoxy) is 3. The van der Waals surface area contributed by atoms with Gasteiger partial charge < -0.3 is 24.8 Å². The Hall–Kier alpha value is -1.99. The highest BCUT2D eigenvalue weighted by molar-refractivity contribution is 5.79. The minimum Gasteiger partial charge on any atom is -0.454 e. The van der Waals surface area contributed by atoms with Crippen molar-refractivity contribution in [1.82, 2.24) is 15.5 Å². The SMILES string of the molecule is CN=C(NCC1CN(CC(C)C)CCO1)NCC(C)(C)c1ccc2c(c1)OCO2. The molecule has 0 aromatic heterocycles. The van der Waals surface area contributed by atoms with Crippen LogP contribution in [-0.2, 0) is 10.2 Å². The Bertz CT molecular complexity index is 705. The van der Waals surface area contributed by atoms with Crippen LogP contribution in [0.15, 0.2) is 23.2 Å². The molecule has 2 aliphatic heterocycles. The fourth-order valence-corrected chi connectivity index (χ4v) is 3.74. The quantitative estimate of drug-likeness (QED) is 0.537. The summed E-state index contributed by atoms with van der Waals surface area (Å²) >= 11 is 0. The number of fused-ring (bicyclic) bond motifs is 1. The van der Waals surface area contributed by atoms with Gasteiger partial charge in [-0.25, -0.2) is 0 Å². The van der Waals surface area contributed by atoms with Crippen molar-refractivity contribution in [3.05, 3.63) is 23.8 Å². The minimum absolute atomic E-state index is 0.0893. The van der Waals surface area contributed by atoms with Crippen LogP contribution >= 0.6 is 0 Å². The number of rotatable bonds is 7. The van der Waals surface area contributed by atoms with Crippen LogP contribution in [0.3, 0.4) is 0 Å². The Morgan fingerprint density at radius 1 is 1.24 bits per heavy atom. The summed E-state index contributed by atoms with van der Waals surface area (Å²) in [6.07, 6.45) is 0.183. The molecule has 0 bridgehead atoms. The third-order valence-corrected chi connectivity index (χ3v) is 5.42. The molecule has 1 aromatic rings. The van der Waals surface area contributed by atoms with Crippen molar-refractivity contribution >= 4 is 5.96 Å². The van der Waals surface area contributed by atoms with Crippen LogP contribution in [0.25, 0.3) is 0 Å². The third kappa shape index (κ3) is 6.00. The molecule has 29 heavy (non-hydrogen) atoms. The molecule has 1 atom stereocenters. The molecule has 1 saturated heterocycles. The van der Waals surface area contributed by atoms with Crippen molar-refractivity contribution < 1.29 is 14.2 Å². The van der Waals surface area contributed by atoms with E-state index in [1.54, 1.807) is 7.05 Å². The van der Waals surface area contributed by atoms with E-state index in [4.69, 9.17) is 14.2 Å². The minimum atomic E-state index is -0.0893. The molecule has 0 radical (unpaired) electrons. The molecule has 7 nitrogen and oxygen atoms in total. The van der Waals surface area contributed by atoms with Crippen molar-refractivity contribution in [2.24, 2.45) is 10.9 Å². The lowest BCUT2D eigenvalue weighted by molar-refractivity contribution is -0.0284. The Labute approximate surface area is 174 Å². The molecule has 2 aliphatic rings. The number of morpholine rings is 1. The standard InChI is InChI=1S/C22H36N4O3/c1-16(2)12-26-8-9-27-18(13-26)11-24-21(23-5)25-14-22(3,4)17-6-7-19-20(10-17)29-15-28-19/h6-7,10,16,18H,8-9,11-15H2,1-5H3,(H2,23,24,25). The number of guanidine groups is 1. The summed E-state index contributed by atoms with van der Waals surface area (Å²) in [7, 11) is 1.80. The molecule has 1 unspecified atom stereocenters. The van der Waals surface area contributed by atoms with Gasteiger partial charge in [-0.3, -0.25) is 9.89 Å². The van der Waals surface area contributed by atoms with Gasteiger partial charge in [0.2, 0.25) is 6.79 Å². The number of nitrogens with one attached hydrogen (secondary N) is 2. The van der Waals surface area contributed by atoms with Crippen LogP contribution in [0.5, 0.6) is 11.5 Å². The Kier molecular flexibility index (Phi) is 7.24. The van der Waals surface area contributed by atoms with Crippen molar-refractivity contribution in [3.8, 4) is 11.5 Å². The van der Waals surface area contributed by atoms with E-state index < -0.39 is 0 Å². The normalized spacial score (nSPS) is 20.2. The molecule has 0 amide bonds. The van der Waals surface area contributed by atoms with Gasteiger partial charge in [0.15, 0.2) is 17.5 Å². The molecule has 3 rings (SSSR count). The monoisotopic (exact) mass is 404 g/mol. The molecule has 162 valence electrons. The van der Waals surface area contributed by atoms with Gasteiger partial charge in [-0.15, -0.1) is 0 Å². The summed E-state index contributed by atoms with van der Waals surface area (Å²) in [5, 5.41) is 6.88. The summed E-state index contributed by atoms with van der Waals surface area (Å²) in [4.78, 5) is 6.86. The van der Waals surface area contributed by atoms with Gasteiger partial charge in [-0.1, -0.05) is 33.8 Å². The first-order valence-corrected chi connectivity index (χ1v) is 10.6. The maximum absolute atomic E-state index is 5.93. The van der Waals surface area contributed by atoms with Crippen molar-refractivity contribution in [2.75, 3.05) is 53.2 Å². The lowest BCUT2D eigenvalue weighted by Crippen LogP contribution is -2.51. The smallest absolute Gasteiger partial charge is 0.231 e. The summed E-state index contributed by atoms with van der Waals surface area (Å²) < 4.78 is 16.9. The first kappa shape index (κ1) is 21.7. The van der Waals surface area contributed by atoms with E-state index in [1.807, 2.05) is 6.07 Å². The maximum atomic E-state index is 5.93. The predicted molar refractivity (Wildman–Crippen MR) is 116 cm³/mol. The largest absolute Gasteiger partial charge is 0.454 e.